The highest BCUT2D eigenvalue weighted by Crippen LogP contribution is 2.18. The van der Waals surface area contributed by atoms with Crippen LogP contribution in [0.1, 0.15) is 58.8 Å². The maximum Gasteiger partial charge on any atom is 0.0589 e. The number of hydrogen-bond acceptors (Lipinski definition) is 3. The van der Waals surface area contributed by atoms with Gasteiger partial charge in [-0.3, -0.25) is 4.90 Å². The van der Waals surface area contributed by atoms with Crippen LogP contribution in [-0.2, 0) is 4.74 Å². The van der Waals surface area contributed by atoms with Gasteiger partial charge in [0.05, 0.1) is 6.61 Å². The van der Waals surface area contributed by atoms with E-state index < -0.39 is 0 Å². The topological polar surface area (TPSA) is 24.5 Å². The SMILES string of the molecule is CCC(C)N(CCCCCCNC1CC1)CCOC. The Morgan fingerprint density at radius 3 is 2.53 bits per heavy atom. The first kappa shape index (κ1) is 16.9. The van der Waals surface area contributed by atoms with Gasteiger partial charge in [0.1, 0.15) is 0 Å². The van der Waals surface area contributed by atoms with Crippen LogP contribution >= 0.6 is 0 Å². The lowest BCUT2D eigenvalue weighted by Gasteiger charge is -2.28. The average molecular weight is 270 g/mol. The third-order valence-electron chi connectivity index (χ3n) is 4.18. The maximum atomic E-state index is 5.20. The molecule has 0 heterocycles. The summed E-state index contributed by atoms with van der Waals surface area (Å²) in [7, 11) is 1.79. The van der Waals surface area contributed by atoms with Crippen molar-refractivity contribution in [2.45, 2.75) is 70.9 Å². The molecule has 0 bridgehead atoms. The minimum Gasteiger partial charge on any atom is -0.383 e. The third-order valence-corrected chi connectivity index (χ3v) is 4.18. The first-order valence-corrected chi connectivity index (χ1v) is 8.24. The standard InChI is InChI=1S/C16H34N2O/c1-4-15(2)18(13-14-19-3)12-8-6-5-7-11-17-16-9-10-16/h15-17H,4-14H2,1-3H3. The fourth-order valence-electron chi connectivity index (χ4n) is 2.41. The number of methoxy groups -OCH3 is 1. The van der Waals surface area contributed by atoms with E-state index in [-0.39, 0.29) is 0 Å². The Morgan fingerprint density at radius 2 is 1.89 bits per heavy atom. The fourth-order valence-corrected chi connectivity index (χ4v) is 2.41. The highest BCUT2D eigenvalue weighted by molar-refractivity contribution is 4.80. The van der Waals surface area contributed by atoms with Crippen LogP contribution < -0.4 is 5.32 Å². The summed E-state index contributed by atoms with van der Waals surface area (Å²) in [5.41, 5.74) is 0. The van der Waals surface area contributed by atoms with Crippen LogP contribution in [0.2, 0.25) is 0 Å². The number of ether oxygens (including phenoxy) is 1. The van der Waals surface area contributed by atoms with Gasteiger partial charge < -0.3 is 10.1 Å². The molecule has 1 fully saturated rings. The predicted octanol–water partition coefficient (Wildman–Crippen LogP) is 3.05. The number of unbranched alkanes of at least 4 members (excludes halogenated alkanes) is 3. The molecule has 3 heteroatoms. The lowest BCUT2D eigenvalue weighted by Crippen LogP contribution is -2.36. The summed E-state index contributed by atoms with van der Waals surface area (Å²) in [6, 6.07) is 1.56. The van der Waals surface area contributed by atoms with Crippen molar-refractivity contribution in [3.05, 3.63) is 0 Å². The van der Waals surface area contributed by atoms with Crippen molar-refractivity contribution >= 4 is 0 Å². The summed E-state index contributed by atoms with van der Waals surface area (Å²) in [5, 5.41) is 3.58. The molecule has 0 spiro atoms. The Morgan fingerprint density at radius 1 is 1.16 bits per heavy atom. The van der Waals surface area contributed by atoms with Crippen LogP contribution in [0, 0.1) is 0 Å². The number of nitrogens with zero attached hydrogens (tertiary/aromatic N) is 1. The van der Waals surface area contributed by atoms with Crippen LogP contribution in [0.5, 0.6) is 0 Å². The van der Waals surface area contributed by atoms with E-state index >= 15 is 0 Å². The van der Waals surface area contributed by atoms with E-state index in [1.54, 1.807) is 7.11 Å². The van der Waals surface area contributed by atoms with Gasteiger partial charge in [-0.25, -0.2) is 0 Å². The molecule has 1 saturated carbocycles. The smallest absolute Gasteiger partial charge is 0.0589 e. The molecule has 1 N–H and O–H groups in total. The van der Waals surface area contributed by atoms with Gasteiger partial charge in [-0.2, -0.15) is 0 Å². The van der Waals surface area contributed by atoms with E-state index in [4.69, 9.17) is 4.74 Å². The van der Waals surface area contributed by atoms with E-state index in [0.717, 1.165) is 19.2 Å². The van der Waals surface area contributed by atoms with Crippen LogP contribution in [0.25, 0.3) is 0 Å². The van der Waals surface area contributed by atoms with Crippen molar-refractivity contribution in [1.29, 1.82) is 0 Å². The van der Waals surface area contributed by atoms with Crippen LogP contribution in [0.3, 0.4) is 0 Å². The Balaban J connectivity index is 1.95. The molecule has 0 amide bonds. The monoisotopic (exact) mass is 270 g/mol. The highest BCUT2D eigenvalue weighted by atomic mass is 16.5. The zero-order chi connectivity index (χ0) is 13.9. The van der Waals surface area contributed by atoms with Gasteiger partial charge in [0.15, 0.2) is 0 Å². The molecule has 1 rings (SSSR count). The molecule has 0 aromatic carbocycles. The second kappa shape index (κ2) is 10.6. The Kier molecular flexibility index (Phi) is 9.48. The molecule has 1 unspecified atom stereocenters. The predicted molar refractivity (Wildman–Crippen MR) is 82.7 cm³/mol. The van der Waals surface area contributed by atoms with Crippen molar-refractivity contribution in [1.82, 2.24) is 10.2 Å². The second-order valence-corrected chi connectivity index (χ2v) is 5.93. The van der Waals surface area contributed by atoms with Gasteiger partial charge >= 0.3 is 0 Å². The summed E-state index contributed by atoms with van der Waals surface area (Å²) in [6.45, 7) is 8.99. The number of rotatable bonds is 13. The molecule has 1 atom stereocenters. The Labute approximate surface area is 120 Å². The molecule has 0 aromatic rings. The minimum atomic E-state index is 0.687. The summed E-state index contributed by atoms with van der Waals surface area (Å²) in [6.07, 6.45) is 9.46. The molecular weight excluding hydrogens is 236 g/mol. The highest BCUT2D eigenvalue weighted by Gasteiger charge is 2.19. The van der Waals surface area contributed by atoms with E-state index in [2.05, 4.69) is 24.1 Å². The van der Waals surface area contributed by atoms with Crippen molar-refractivity contribution in [3.8, 4) is 0 Å². The van der Waals surface area contributed by atoms with Crippen molar-refractivity contribution in [2.24, 2.45) is 0 Å². The normalized spacial score (nSPS) is 17.1. The van der Waals surface area contributed by atoms with E-state index in [1.165, 1.54) is 58.0 Å². The number of hydrogen-bond donors (Lipinski definition) is 1. The van der Waals surface area contributed by atoms with Gasteiger partial charge in [0.2, 0.25) is 0 Å². The number of nitrogens with one attached hydrogen (secondary N) is 1. The van der Waals surface area contributed by atoms with Crippen molar-refractivity contribution in [2.75, 3.05) is 33.4 Å². The Hall–Kier alpha value is -0.120. The molecule has 0 aliphatic heterocycles. The molecule has 1 aliphatic carbocycles. The lowest BCUT2D eigenvalue weighted by molar-refractivity contribution is 0.121. The molecular formula is C16H34N2O. The van der Waals surface area contributed by atoms with E-state index in [9.17, 15) is 0 Å². The summed E-state index contributed by atoms with van der Waals surface area (Å²) in [4.78, 5) is 2.58. The van der Waals surface area contributed by atoms with Gasteiger partial charge in [-0.15, -0.1) is 0 Å². The first-order chi connectivity index (χ1) is 9.27. The van der Waals surface area contributed by atoms with E-state index in [1.807, 2.05) is 0 Å². The summed E-state index contributed by atoms with van der Waals surface area (Å²) < 4.78 is 5.20. The van der Waals surface area contributed by atoms with Crippen LogP contribution in [-0.4, -0.2) is 50.3 Å². The molecule has 1 aliphatic rings. The summed E-state index contributed by atoms with van der Waals surface area (Å²) >= 11 is 0. The van der Waals surface area contributed by atoms with Crippen molar-refractivity contribution in [3.63, 3.8) is 0 Å². The van der Waals surface area contributed by atoms with Crippen molar-refractivity contribution < 1.29 is 4.74 Å². The largest absolute Gasteiger partial charge is 0.383 e. The summed E-state index contributed by atoms with van der Waals surface area (Å²) in [5.74, 6) is 0. The molecule has 0 saturated heterocycles. The fraction of sp³-hybridized carbons (Fsp3) is 1.00. The lowest BCUT2D eigenvalue weighted by atomic mass is 10.1. The molecule has 0 radical (unpaired) electrons. The second-order valence-electron chi connectivity index (χ2n) is 5.93. The quantitative estimate of drug-likeness (QED) is 0.521. The first-order valence-electron chi connectivity index (χ1n) is 8.24. The minimum absolute atomic E-state index is 0.687. The maximum absolute atomic E-state index is 5.20. The van der Waals surface area contributed by atoms with Crippen LogP contribution in [0.15, 0.2) is 0 Å². The zero-order valence-corrected chi connectivity index (χ0v) is 13.3. The molecule has 114 valence electrons. The zero-order valence-electron chi connectivity index (χ0n) is 13.3. The Bertz CT molecular complexity index is 207. The molecule has 19 heavy (non-hydrogen) atoms. The van der Waals surface area contributed by atoms with Crippen LogP contribution in [0.4, 0.5) is 0 Å². The van der Waals surface area contributed by atoms with E-state index in [0.29, 0.717) is 6.04 Å². The van der Waals surface area contributed by atoms with Gasteiger partial charge in [0.25, 0.3) is 0 Å². The molecule has 0 aromatic heterocycles. The average Bonchev–Trinajstić information content (AvgIpc) is 3.24. The third kappa shape index (κ3) is 8.61. The molecule has 3 nitrogen and oxygen atoms in total. The van der Waals surface area contributed by atoms with Gasteiger partial charge in [-0.1, -0.05) is 19.8 Å². The van der Waals surface area contributed by atoms with Gasteiger partial charge in [-0.05, 0) is 52.1 Å². The van der Waals surface area contributed by atoms with Gasteiger partial charge in [0, 0.05) is 25.7 Å².